The van der Waals surface area contributed by atoms with Gasteiger partial charge in [-0.05, 0) is 73.6 Å². The van der Waals surface area contributed by atoms with E-state index >= 15 is 0 Å². The molecule has 3 fully saturated rings. The predicted molar refractivity (Wildman–Crippen MR) is 105 cm³/mol. The summed E-state index contributed by atoms with van der Waals surface area (Å²) in [5.41, 5.74) is 0.733. The molecule has 1 aliphatic heterocycles. The number of fused-ring (bicyclic) bond motifs is 5. The summed E-state index contributed by atoms with van der Waals surface area (Å²) < 4.78 is 10.5. The van der Waals surface area contributed by atoms with E-state index in [4.69, 9.17) is 9.47 Å². The number of methoxy groups -OCH3 is 1. The number of amides is 2. The first-order valence-corrected chi connectivity index (χ1v) is 9.91. The molecule has 2 amide bonds. The molecule has 29 heavy (non-hydrogen) atoms. The number of anilines is 1. The Labute approximate surface area is 168 Å². The molecule has 4 atom stereocenters. The summed E-state index contributed by atoms with van der Waals surface area (Å²) in [6, 6.07) is 13.2. The molecule has 0 spiro atoms. The van der Waals surface area contributed by atoms with E-state index in [0.717, 1.165) is 19.3 Å². The van der Waals surface area contributed by atoms with Crippen molar-refractivity contribution >= 4 is 23.5 Å². The van der Waals surface area contributed by atoms with Gasteiger partial charge in [-0.2, -0.15) is 0 Å². The van der Waals surface area contributed by atoms with E-state index in [1.54, 1.807) is 55.6 Å². The fraction of sp³-hybridized carbons (Fsp3) is 0.348. The molecule has 3 aliphatic rings. The molecule has 148 valence electrons. The van der Waals surface area contributed by atoms with Gasteiger partial charge < -0.3 is 9.47 Å². The van der Waals surface area contributed by atoms with Crippen LogP contribution in [-0.4, -0.2) is 24.9 Å². The number of carbonyl (C=O) groups excluding carboxylic acids is 3. The molecule has 0 radical (unpaired) electrons. The third-order valence-corrected chi connectivity index (χ3v) is 6.54. The van der Waals surface area contributed by atoms with Crippen LogP contribution in [0.2, 0.25) is 0 Å². The van der Waals surface area contributed by atoms with Crippen molar-refractivity contribution in [1.29, 1.82) is 0 Å². The van der Waals surface area contributed by atoms with Crippen molar-refractivity contribution in [2.24, 2.45) is 23.7 Å². The van der Waals surface area contributed by atoms with Crippen LogP contribution < -0.4 is 14.4 Å². The minimum absolute atomic E-state index is 0.118. The maximum Gasteiger partial charge on any atom is 0.343 e. The van der Waals surface area contributed by atoms with Gasteiger partial charge in [-0.3, -0.25) is 14.5 Å². The molecule has 2 saturated carbocycles. The molecule has 6 nitrogen and oxygen atoms in total. The van der Waals surface area contributed by atoms with Gasteiger partial charge in [0.25, 0.3) is 0 Å². The first kappa shape index (κ1) is 17.9. The maximum atomic E-state index is 13.0. The van der Waals surface area contributed by atoms with Crippen LogP contribution in [0.4, 0.5) is 5.69 Å². The molecule has 6 heteroatoms. The van der Waals surface area contributed by atoms with E-state index in [9.17, 15) is 14.4 Å². The zero-order valence-corrected chi connectivity index (χ0v) is 16.0. The topological polar surface area (TPSA) is 72.9 Å². The molecule has 2 aliphatic carbocycles. The number of ether oxygens (including phenoxy) is 2. The van der Waals surface area contributed by atoms with Gasteiger partial charge in [0.1, 0.15) is 11.5 Å². The lowest BCUT2D eigenvalue weighted by Crippen LogP contribution is -2.32. The highest BCUT2D eigenvalue weighted by molar-refractivity contribution is 6.22. The Bertz CT molecular complexity index is 971. The summed E-state index contributed by atoms with van der Waals surface area (Å²) in [6.07, 6.45) is 3.06. The minimum Gasteiger partial charge on any atom is -0.497 e. The monoisotopic (exact) mass is 391 g/mol. The Morgan fingerprint density at radius 2 is 1.55 bits per heavy atom. The van der Waals surface area contributed by atoms with Crippen LogP contribution in [-0.2, 0) is 9.59 Å². The molecule has 2 aromatic rings. The van der Waals surface area contributed by atoms with E-state index in [2.05, 4.69) is 0 Å². The van der Waals surface area contributed by atoms with Gasteiger partial charge in [0, 0.05) is 0 Å². The highest BCUT2D eigenvalue weighted by atomic mass is 16.5. The smallest absolute Gasteiger partial charge is 0.343 e. The number of imide groups is 1. The van der Waals surface area contributed by atoms with Crippen molar-refractivity contribution in [2.75, 3.05) is 12.0 Å². The second-order valence-corrected chi connectivity index (χ2v) is 8.01. The number of nitrogens with zero attached hydrogens (tertiary/aromatic N) is 1. The SMILES string of the molecule is COc1ccc(OC(=O)c2cccc(N3C(=O)C4C5CCC(C5)C4C3=O)c2)cc1. The normalized spacial score (nSPS) is 27.3. The second-order valence-electron chi connectivity index (χ2n) is 8.01. The van der Waals surface area contributed by atoms with Crippen molar-refractivity contribution in [3.63, 3.8) is 0 Å². The quantitative estimate of drug-likeness (QED) is 0.453. The van der Waals surface area contributed by atoms with E-state index < -0.39 is 5.97 Å². The molecule has 2 bridgehead atoms. The maximum absolute atomic E-state index is 13.0. The number of hydrogen-bond donors (Lipinski definition) is 0. The Morgan fingerprint density at radius 1 is 0.931 bits per heavy atom. The van der Waals surface area contributed by atoms with Crippen LogP contribution in [0.25, 0.3) is 0 Å². The van der Waals surface area contributed by atoms with Gasteiger partial charge in [0.2, 0.25) is 11.8 Å². The summed E-state index contributed by atoms with van der Waals surface area (Å²) in [7, 11) is 1.56. The lowest BCUT2D eigenvalue weighted by atomic mass is 9.81. The lowest BCUT2D eigenvalue weighted by Gasteiger charge is -2.19. The van der Waals surface area contributed by atoms with Crippen molar-refractivity contribution < 1.29 is 23.9 Å². The first-order valence-electron chi connectivity index (χ1n) is 9.91. The number of esters is 1. The van der Waals surface area contributed by atoms with Gasteiger partial charge in [-0.25, -0.2) is 4.79 Å². The van der Waals surface area contributed by atoms with Gasteiger partial charge in [0.05, 0.1) is 30.2 Å². The summed E-state index contributed by atoms with van der Waals surface area (Å²) in [5, 5.41) is 0. The van der Waals surface area contributed by atoms with Crippen LogP contribution in [0.3, 0.4) is 0 Å². The van der Waals surface area contributed by atoms with E-state index in [1.807, 2.05) is 0 Å². The Morgan fingerprint density at radius 3 is 2.17 bits per heavy atom. The summed E-state index contributed by atoms with van der Waals surface area (Å²) in [4.78, 5) is 39.8. The van der Waals surface area contributed by atoms with Crippen LogP contribution in [0.5, 0.6) is 11.5 Å². The van der Waals surface area contributed by atoms with E-state index in [0.29, 0.717) is 34.6 Å². The van der Waals surface area contributed by atoms with Crippen molar-refractivity contribution in [3.8, 4) is 11.5 Å². The number of benzene rings is 2. The molecule has 0 aromatic heterocycles. The van der Waals surface area contributed by atoms with Gasteiger partial charge in [-0.15, -0.1) is 0 Å². The molecule has 5 rings (SSSR count). The molecule has 1 heterocycles. The number of carbonyl (C=O) groups is 3. The van der Waals surface area contributed by atoms with Gasteiger partial charge in [-0.1, -0.05) is 6.07 Å². The standard InChI is InChI=1S/C23H21NO5/c1-28-17-7-9-18(10-8-17)29-23(27)15-3-2-4-16(12-15)24-21(25)19-13-5-6-14(11-13)20(19)22(24)26/h2-4,7-10,12-14,19-20H,5-6,11H2,1H3. The largest absolute Gasteiger partial charge is 0.497 e. The molecule has 2 aromatic carbocycles. The third-order valence-electron chi connectivity index (χ3n) is 6.54. The number of hydrogen-bond acceptors (Lipinski definition) is 5. The highest BCUT2D eigenvalue weighted by Crippen LogP contribution is 2.56. The molecule has 1 saturated heterocycles. The molecule has 0 N–H and O–H groups in total. The Balaban J connectivity index is 1.37. The van der Waals surface area contributed by atoms with Crippen LogP contribution >= 0.6 is 0 Å². The van der Waals surface area contributed by atoms with E-state index in [-0.39, 0.29) is 23.7 Å². The fourth-order valence-electron chi connectivity index (χ4n) is 5.24. The number of rotatable bonds is 4. The molecular weight excluding hydrogens is 370 g/mol. The molecular formula is C23H21NO5. The van der Waals surface area contributed by atoms with Crippen LogP contribution in [0.15, 0.2) is 48.5 Å². The van der Waals surface area contributed by atoms with Crippen LogP contribution in [0.1, 0.15) is 29.6 Å². The van der Waals surface area contributed by atoms with Crippen molar-refractivity contribution in [2.45, 2.75) is 19.3 Å². The molecule has 4 unspecified atom stereocenters. The van der Waals surface area contributed by atoms with Crippen molar-refractivity contribution in [3.05, 3.63) is 54.1 Å². The zero-order chi connectivity index (χ0) is 20.1. The first-order chi connectivity index (χ1) is 14.1. The fourth-order valence-corrected chi connectivity index (χ4v) is 5.24. The average molecular weight is 391 g/mol. The van der Waals surface area contributed by atoms with E-state index in [1.165, 1.54) is 4.90 Å². The Kier molecular flexibility index (Phi) is 4.15. The van der Waals surface area contributed by atoms with Gasteiger partial charge in [0.15, 0.2) is 0 Å². The average Bonchev–Trinajstić information content (AvgIpc) is 3.42. The van der Waals surface area contributed by atoms with Crippen molar-refractivity contribution in [1.82, 2.24) is 0 Å². The zero-order valence-electron chi connectivity index (χ0n) is 16.0. The third kappa shape index (κ3) is 2.82. The predicted octanol–water partition coefficient (Wildman–Crippen LogP) is 3.45. The summed E-state index contributed by atoms with van der Waals surface area (Å²) in [6.45, 7) is 0. The summed E-state index contributed by atoms with van der Waals surface area (Å²) >= 11 is 0. The van der Waals surface area contributed by atoms with Gasteiger partial charge >= 0.3 is 5.97 Å². The minimum atomic E-state index is -0.545. The summed E-state index contributed by atoms with van der Waals surface area (Å²) in [5.74, 6) is 0.562. The second kappa shape index (κ2) is 6.72. The highest BCUT2D eigenvalue weighted by Gasteiger charge is 2.61. The lowest BCUT2D eigenvalue weighted by molar-refractivity contribution is -0.123. The Hall–Kier alpha value is -3.15. The van der Waals surface area contributed by atoms with Crippen LogP contribution in [0, 0.1) is 23.7 Å².